The molecule has 2 N–H and O–H groups in total. The van der Waals surface area contributed by atoms with E-state index in [-0.39, 0.29) is 0 Å². The van der Waals surface area contributed by atoms with E-state index in [1.165, 1.54) is 0 Å². The number of aromatic nitrogens is 1. The van der Waals surface area contributed by atoms with Crippen LogP contribution in [0, 0.1) is 6.92 Å². The topological polar surface area (TPSA) is 52.0 Å². The highest BCUT2D eigenvalue weighted by molar-refractivity contribution is 5.83. The summed E-state index contributed by atoms with van der Waals surface area (Å²) in [5.41, 5.74) is 8.39. The number of nitrogen functional groups attached to an aromatic ring is 1. The van der Waals surface area contributed by atoms with Gasteiger partial charge in [0.25, 0.3) is 0 Å². The molecule has 0 spiro atoms. The molecule has 17 heavy (non-hydrogen) atoms. The minimum absolute atomic E-state index is 0.530. The fraction of sp³-hybridized carbons (Fsp3) is 0.0714. The molecule has 0 amide bonds. The minimum Gasteiger partial charge on any atom is -0.456 e. The van der Waals surface area contributed by atoms with Crippen LogP contribution in [-0.2, 0) is 0 Å². The first-order valence-electron chi connectivity index (χ1n) is 5.46. The van der Waals surface area contributed by atoms with E-state index < -0.39 is 0 Å². The number of anilines is 1. The summed E-state index contributed by atoms with van der Waals surface area (Å²) in [5.74, 6) is 1.36. The number of hydrogen-bond donors (Lipinski definition) is 1. The predicted octanol–water partition coefficient (Wildman–Crippen LogP) is 3.39. The predicted molar refractivity (Wildman–Crippen MR) is 68.6 cm³/mol. The molecule has 0 aliphatic carbocycles. The van der Waals surface area contributed by atoms with Crippen LogP contribution in [-0.4, -0.2) is 4.98 Å². The zero-order valence-corrected chi connectivity index (χ0v) is 9.47. The quantitative estimate of drug-likeness (QED) is 0.689. The van der Waals surface area contributed by atoms with Crippen LogP contribution >= 0.6 is 0 Å². The molecule has 3 aromatic rings. The van der Waals surface area contributed by atoms with Crippen LogP contribution in [0.15, 0.2) is 46.9 Å². The summed E-state index contributed by atoms with van der Waals surface area (Å²) < 4.78 is 5.79. The Kier molecular flexibility index (Phi) is 2.11. The van der Waals surface area contributed by atoms with Gasteiger partial charge in [-0.1, -0.05) is 18.2 Å². The van der Waals surface area contributed by atoms with Crippen molar-refractivity contribution in [3.63, 3.8) is 0 Å². The smallest absolute Gasteiger partial charge is 0.137 e. The maximum Gasteiger partial charge on any atom is 0.137 e. The van der Waals surface area contributed by atoms with Gasteiger partial charge in [-0.25, -0.2) is 4.98 Å². The van der Waals surface area contributed by atoms with E-state index in [4.69, 9.17) is 10.2 Å². The van der Waals surface area contributed by atoms with Crippen molar-refractivity contribution in [2.75, 3.05) is 5.73 Å². The third-order valence-electron chi connectivity index (χ3n) is 2.80. The van der Waals surface area contributed by atoms with Crippen LogP contribution in [0.25, 0.3) is 22.3 Å². The second-order valence-electron chi connectivity index (χ2n) is 4.02. The van der Waals surface area contributed by atoms with Gasteiger partial charge >= 0.3 is 0 Å². The summed E-state index contributed by atoms with van der Waals surface area (Å²) in [6.07, 6.45) is 0. The van der Waals surface area contributed by atoms with Crippen molar-refractivity contribution in [1.82, 2.24) is 4.98 Å². The summed E-state index contributed by atoms with van der Waals surface area (Å²) in [7, 11) is 0. The van der Waals surface area contributed by atoms with Crippen molar-refractivity contribution in [1.29, 1.82) is 0 Å². The summed E-state index contributed by atoms with van der Waals surface area (Å²) in [5, 5.41) is 1.10. The fourth-order valence-corrected chi connectivity index (χ4v) is 1.96. The molecule has 0 aliphatic heterocycles. The van der Waals surface area contributed by atoms with E-state index in [0.29, 0.717) is 5.82 Å². The van der Waals surface area contributed by atoms with Crippen molar-refractivity contribution < 1.29 is 4.42 Å². The Morgan fingerprint density at radius 2 is 1.94 bits per heavy atom. The molecule has 3 rings (SSSR count). The van der Waals surface area contributed by atoms with Gasteiger partial charge in [0.15, 0.2) is 0 Å². The zero-order chi connectivity index (χ0) is 11.8. The van der Waals surface area contributed by atoms with Crippen molar-refractivity contribution in [2.24, 2.45) is 0 Å². The van der Waals surface area contributed by atoms with E-state index in [1.807, 2.05) is 43.3 Å². The molecule has 2 aromatic heterocycles. The van der Waals surface area contributed by atoms with Gasteiger partial charge in [0.2, 0.25) is 0 Å². The maximum atomic E-state index is 5.79. The Balaban J connectivity index is 2.20. The SMILES string of the molecule is Cc1nc(N)ccc1-c1cc2ccccc2o1. The molecule has 0 atom stereocenters. The van der Waals surface area contributed by atoms with Crippen LogP contribution in [0.1, 0.15) is 5.69 Å². The molecular formula is C14H12N2O. The van der Waals surface area contributed by atoms with Gasteiger partial charge in [-0.05, 0) is 31.2 Å². The number of aryl methyl sites for hydroxylation is 1. The van der Waals surface area contributed by atoms with Crippen LogP contribution in [0.3, 0.4) is 0 Å². The van der Waals surface area contributed by atoms with Gasteiger partial charge in [0.1, 0.15) is 17.2 Å². The molecule has 0 radical (unpaired) electrons. The van der Waals surface area contributed by atoms with Gasteiger partial charge < -0.3 is 10.2 Å². The zero-order valence-electron chi connectivity index (χ0n) is 9.47. The standard InChI is InChI=1S/C14H12N2O/c1-9-11(6-7-14(15)16-9)13-8-10-4-2-3-5-12(10)17-13/h2-8H,1H3,(H2,15,16). The maximum absolute atomic E-state index is 5.79. The van der Waals surface area contributed by atoms with Crippen molar-refractivity contribution in [3.8, 4) is 11.3 Å². The van der Waals surface area contributed by atoms with E-state index in [2.05, 4.69) is 4.98 Å². The summed E-state index contributed by atoms with van der Waals surface area (Å²) in [6.45, 7) is 1.93. The van der Waals surface area contributed by atoms with Crippen molar-refractivity contribution in [3.05, 3.63) is 48.2 Å². The van der Waals surface area contributed by atoms with Gasteiger partial charge in [-0.2, -0.15) is 0 Å². The summed E-state index contributed by atoms with van der Waals surface area (Å²) in [4.78, 5) is 4.24. The lowest BCUT2D eigenvalue weighted by atomic mass is 10.1. The second-order valence-corrected chi connectivity index (χ2v) is 4.02. The number of pyridine rings is 1. The highest BCUT2D eigenvalue weighted by atomic mass is 16.3. The normalized spacial score (nSPS) is 10.9. The van der Waals surface area contributed by atoms with E-state index >= 15 is 0 Å². The molecule has 2 heterocycles. The largest absolute Gasteiger partial charge is 0.456 e. The highest BCUT2D eigenvalue weighted by Crippen LogP contribution is 2.29. The second kappa shape index (κ2) is 3.63. The third-order valence-corrected chi connectivity index (χ3v) is 2.80. The van der Waals surface area contributed by atoms with E-state index in [1.54, 1.807) is 6.07 Å². The number of nitrogens with two attached hydrogens (primary N) is 1. The molecule has 0 bridgehead atoms. The Bertz CT molecular complexity index is 653. The molecule has 0 unspecified atom stereocenters. The van der Waals surface area contributed by atoms with Gasteiger partial charge in [-0.15, -0.1) is 0 Å². The Morgan fingerprint density at radius 3 is 2.71 bits per heavy atom. The number of para-hydroxylation sites is 1. The molecular weight excluding hydrogens is 212 g/mol. The molecule has 3 heteroatoms. The Labute approximate surface area is 98.9 Å². The van der Waals surface area contributed by atoms with Gasteiger partial charge in [0.05, 0.1) is 5.69 Å². The van der Waals surface area contributed by atoms with E-state index in [9.17, 15) is 0 Å². The first-order valence-corrected chi connectivity index (χ1v) is 5.46. The lowest BCUT2D eigenvalue weighted by Crippen LogP contribution is -1.93. The number of hydrogen-bond acceptors (Lipinski definition) is 3. The summed E-state index contributed by atoms with van der Waals surface area (Å²) >= 11 is 0. The molecule has 0 saturated heterocycles. The molecule has 3 nitrogen and oxygen atoms in total. The number of fused-ring (bicyclic) bond motifs is 1. The van der Waals surface area contributed by atoms with E-state index in [0.717, 1.165) is 28.0 Å². The number of nitrogens with zero attached hydrogens (tertiary/aromatic N) is 1. The van der Waals surface area contributed by atoms with Crippen LogP contribution in [0.5, 0.6) is 0 Å². The van der Waals surface area contributed by atoms with Crippen LogP contribution in [0.4, 0.5) is 5.82 Å². The van der Waals surface area contributed by atoms with Gasteiger partial charge in [-0.3, -0.25) is 0 Å². The molecule has 0 aliphatic rings. The van der Waals surface area contributed by atoms with Crippen molar-refractivity contribution >= 4 is 16.8 Å². The molecule has 84 valence electrons. The Hall–Kier alpha value is -2.29. The monoisotopic (exact) mass is 224 g/mol. The Morgan fingerprint density at radius 1 is 1.12 bits per heavy atom. The third kappa shape index (κ3) is 1.65. The molecule has 0 saturated carbocycles. The van der Waals surface area contributed by atoms with Crippen LogP contribution < -0.4 is 5.73 Å². The first-order chi connectivity index (χ1) is 8.24. The van der Waals surface area contributed by atoms with Crippen LogP contribution in [0.2, 0.25) is 0 Å². The molecule has 1 aromatic carbocycles. The lowest BCUT2D eigenvalue weighted by molar-refractivity contribution is 0.630. The minimum atomic E-state index is 0.530. The number of furan rings is 1. The van der Waals surface area contributed by atoms with Crippen molar-refractivity contribution in [2.45, 2.75) is 6.92 Å². The number of benzene rings is 1. The average Bonchev–Trinajstić information content (AvgIpc) is 2.72. The molecule has 0 fully saturated rings. The highest BCUT2D eigenvalue weighted by Gasteiger charge is 2.09. The first kappa shape index (κ1) is 9.90. The lowest BCUT2D eigenvalue weighted by Gasteiger charge is -2.01. The summed E-state index contributed by atoms with van der Waals surface area (Å²) in [6, 6.07) is 13.7. The average molecular weight is 224 g/mol. The number of rotatable bonds is 1. The fourth-order valence-electron chi connectivity index (χ4n) is 1.96. The van der Waals surface area contributed by atoms with Gasteiger partial charge in [0, 0.05) is 10.9 Å².